The van der Waals surface area contributed by atoms with Crippen molar-refractivity contribution in [3.63, 3.8) is 0 Å². The predicted molar refractivity (Wildman–Crippen MR) is 76.3 cm³/mol. The van der Waals surface area contributed by atoms with E-state index < -0.39 is 0 Å². The molecule has 2 rings (SSSR count). The molecule has 0 amide bonds. The van der Waals surface area contributed by atoms with Crippen LogP contribution in [0, 0.1) is 11.8 Å². The third kappa shape index (κ3) is 3.28. The van der Waals surface area contributed by atoms with Gasteiger partial charge in [0.15, 0.2) is 5.78 Å². The van der Waals surface area contributed by atoms with Gasteiger partial charge in [0.1, 0.15) is 22.2 Å². The van der Waals surface area contributed by atoms with Crippen molar-refractivity contribution in [2.45, 2.75) is 6.92 Å². The lowest BCUT2D eigenvalue weighted by Crippen LogP contribution is -1.95. The second-order valence-corrected chi connectivity index (χ2v) is 4.85. The molecule has 0 bridgehead atoms. The van der Waals surface area contributed by atoms with E-state index >= 15 is 0 Å². The third-order valence-corrected chi connectivity index (χ3v) is 3.42. The zero-order valence-electron chi connectivity index (χ0n) is 10.8. The van der Waals surface area contributed by atoms with E-state index in [9.17, 15) is 4.79 Å². The Morgan fingerprint density at radius 3 is 2.74 bits per heavy atom. The predicted octanol–water partition coefficient (Wildman–Crippen LogP) is 3.01. The van der Waals surface area contributed by atoms with Crippen LogP contribution in [0.3, 0.4) is 0 Å². The number of aromatic nitrogens is 1. The Hall–Kier alpha value is -1.96. The van der Waals surface area contributed by atoms with Crippen LogP contribution >= 0.6 is 11.3 Å². The van der Waals surface area contributed by atoms with Crippen LogP contribution in [0.4, 0.5) is 0 Å². The Bertz CT molecular complexity index is 635. The van der Waals surface area contributed by atoms with Crippen molar-refractivity contribution < 1.29 is 9.53 Å². The van der Waals surface area contributed by atoms with Gasteiger partial charge in [-0.2, -0.15) is 0 Å². The van der Waals surface area contributed by atoms with Crippen molar-refractivity contribution in [1.82, 2.24) is 4.98 Å². The van der Waals surface area contributed by atoms with E-state index in [0.717, 1.165) is 10.6 Å². The molecular weight excluding hydrogens is 258 g/mol. The van der Waals surface area contributed by atoms with Crippen molar-refractivity contribution in [2.24, 2.45) is 0 Å². The minimum atomic E-state index is -0.0693. The summed E-state index contributed by atoms with van der Waals surface area (Å²) in [6.07, 6.45) is 0. The molecule has 2 aromatic rings. The van der Waals surface area contributed by atoms with Gasteiger partial charge in [-0.3, -0.25) is 4.79 Å². The lowest BCUT2D eigenvalue weighted by atomic mass is 10.2. The lowest BCUT2D eigenvalue weighted by Gasteiger charge is -1.92. The second-order valence-electron chi connectivity index (χ2n) is 3.85. The van der Waals surface area contributed by atoms with Gasteiger partial charge >= 0.3 is 0 Å². The summed E-state index contributed by atoms with van der Waals surface area (Å²) in [5.41, 5.74) is 1.43. The number of ether oxygens (including phenoxy) is 1. The van der Waals surface area contributed by atoms with Crippen LogP contribution in [0.15, 0.2) is 30.3 Å². The first kappa shape index (κ1) is 13.5. The van der Waals surface area contributed by atoms with Gasteiger partial charge in [-0.1, -0.05) is 42.2 Å². The highest BCUT2D eigenvalue weighted by atomic mass is 32.1. The minimum Gasteiger partial charge on any atom is -0.372 e. The summed E-state index contributed by atoms with van der Waals surface area (Å²) in [5.74, 6) is 5.73. The van der Waals surface area contributed by atoms with Gasteiger partial charge in [0, 0.05) is 19.6 Å². The van der Waals surface area contributed by atoms with Crippen molar-refractivity contribution in [3.05, 3.63) is 40.9 Å². The first-order valence-corrected chi connectivity index (χ1v) is 6.59. The first-order chi connectivity index (χ1) is 9.22. The van der Waals surface area contributed by atoms with E-state index in [1.54, 1.807) is 7.11 Å². The highest BCUT2D eigenvalue weighted by molar-refractivity contribution is 7.15. The molecule has 0 spiro atoms. The number of carbonyl (C=O) groups is 1. The van der Waals surface area contributed by atoms with Crippen LogP contribution in [-0.4, -0.2) is 24.5 Å². The maximum absolute atomic E-state index is 11.6. The normalized spacial score (nSPS) is 9.79. The maximum Gasteiger partial charge on any atom is 0.180 e. The molecule has 0 atom stereocenters. The molecule has 0 radical (unpaired) electrons. The Balaban J connectivity index is 2.42. The van der Waals surface area contributed by atoms with Gasteiger partial charge in [-0.05, 0) is 0 Å². The fraction of sp³-hybridized carbons (Fsp3) is 0.200. The van der Waals surface area contributed by atoms with Crippen LogP contribution in [-0.2, 0) is 4.74 Å². The average molecular weight is 271 g/mol. The molecule has 0 N–H and O–H groups in total. The summed E-state index contributed by atoms with van der Waals surface area (Å²) in [4.78, 5) is 16.7. The Morgan fingerprint density at radius 2 is 2.11 bits per heavy atom. The van der Waals surface area contributed by atoms with E-state index in [0.29, 0.717) is 17.2 Å². The minimum absolute atomic E-state index is 0.0693. The summed E-state index contributed by atoms with van der Waals surface area (Å²) < 4.78 is 4.88. The maximum atomic E-state index is 11.6. The van der Waals surface area contributed by atoms with Crippen molar-refractivity contribution in [2.75, 3.05) is 13.7 Å². The Labute approximate surface area is 116 Å². The zero-order valence-corrected chi connectivity index (χ0v) is 11.6. The monoisotopic (exact) mass is 271 g/mol. The number of hydrogen-bond donors (Lipinski definition) is 0. The number of thiazole rings is 1. The number of ketones is 1. The number of hydrogen-bond acceptors (Lipinski definition) is 4. The van der Waals surface area contributed by atoms with Gasteiger partial charge in [0.2, 0.25) is 0 Å². The van der Waals surface area contributed by atoms with Crippen LogP contribution in [0.5, 0.6) is 0 Å². The topological polar surface area (TPSA) is 39.2 Å². The van der Waals surface area contributed by atoms with Gasteiger partial charge in [0.25, 0.3) is 0 Å². The van der Waals surface area contributed by atoms with Gasteiger partial charge in [-0.25, -0.2) is 4.98 Å². The molecular formula is C15H13NO2S. The molecule has 0 saturated heterocycles. The molecule has 0 unspecified atom stereocenters. The number of benzene rings is 1. The van der Waals surface area contributed by atoms with Crippen LogP contribution in [0.1, 0.15) is 22.3 Å². The number of Topliss-reactive ketones (excluding diaryl/α,β-unsaturated/α-hetero) is 1. The summed E-state index contributed by atoms with van der Waals surface area (Å²) in [6.45, 7) is 1.85. The molecule has 0 aliphatic rings. The number of carbonyl (C=O) groups excluding carboxylic acids is 1. The fourth-order valence-corrected chi connectivity index (χ4v) is 2.53. The van der Waals surface area contributed by atoms with Crippen LogP contribution < -0.4 is 0 Å². The molecule has 96 valence electrons. The van der Waals surface area contributed by atoms with Crippen LogP contribution in [0.2, 0.25) is 0 Å². The van der Waals surface area contributed by atoms with E-state index in [1.807, 2.05) is 30.3 Å². The molecule has 0 aliphatic heterocycles. The quantitative estimate of drug-likeness (QED) is 0.636. The van der Waals surface area contributed by atoms with Crippen molar-refractivity contribution in [1.29, 1.82) is 0 Å². The number of rotatable bonds is 3. The fourth-order valence-electron chi connectivity index (χ4n) is 1.54. The molecule has 1 heterocycles. The van der Waals surface area contributed by atoms with E-state index in [-0.39, 0.29) is 5.78 Å². The van der Waals surface area contributed by atoms with Crippen LogP contribution in [0.25, 0.3) is 10.6 Å². The molecule has 3 nitrogen and oxygen atoms in total. The molecule has 0 aliphatic carbocycles. The van der Waals surface area contributed by atoms with Gasteiger partial charge < -0.3 is 4.74 Å². The van der Waals surface area contributed by atoms with Crippen molar-refractivity contribution >= 4 is 17.1 Å². The average Bonchev–Trinajstić information content (AvgIpc) is 2.84. The molecule has 0 saturated carbocycles. The van der Waals surface area contributed by atoms with E-state index in [4.69, 9.17) is 4.74 Å². The Kier molecular flexibility index (Phi) is 4.45. The highest BCUT2D eigenvalue weighted by Crippen LogP contribution is 2.27. The lowest BCUT2D eigenvalue weighted by molar-refractivity contribution is 0.101. The van der Waals surface area contributed by atoms with Gasteiger partial charge in [-0.15, -0.1) is 11.3 Å². The summed E-state index contributed by atoms with van der Waals surface area (Å²) >= 11 is 1.43. The molecule has 1 aromatic heterocycles. The summed E-state index contributed by atoms with van der Waals surface area (Å²) in [7, 11) is 1.59. The standard InChI is InChI=1S/C15H13NO2S/c1-11(17)14-13(9-6-10-18-2)19-15(16-14)12-7-4-3-5-8-12/h3-5,7-8H,10H2,1-2H3. The summed E-state index contributed by atoms with van der Waals surface area (Å²) in [6, 6.07) is 9.77. The zero-order chi connectivity index (χ0) is 13.7. The van der Waals surface area contributed by atoms with E-state index in [2.05, 4.69) is 16.8 Å². The van der Waals surface area contributed by atoms with Gasteiger partial charge in [0.05, 0.1) is 0 Å². The molecule has 4 heteroatoms. The second kappa shape index (κ2) is 6.28. The highest BCUT2D eigenvalue weighted by Gasteiger charge is 2.14. The Morgan fingerprint density at radius 1 is 1.37 bits per heavy atom. The van der Waals surface area contributed by atoms with Crippen molar-refractivity contribution in [3.8, 4) is 22.4 Å². The number of methoxy groups -OCH3 is 1. The van der Waals surface area contributed by atoms with E-state index in [1.165, 1.54) is 18.3 Å². The number of nitrogens with zero attached hydrogens (tertiary/aromatic N) is 1. The SMILES string of the molecule is COCC#Cc1sc(-c2ccccc2)nc1C(C)=O. The smallest absolute Gasteiger partial charge is 0.180 e. The molecule has 1 aromatic carbocycles. The third-order valence-electron chi connectivity index (χ3n) is 2.40. The largest absolute Gasteiger partial charge is 0.372 e. The summed E-state index contributed by atoms with van der Waals surface area (Å²) in [5, 5.41) is 0.813. The molecule has 19 heavy (non-hydrogen) atoms. The molecule has 0 fully saturated rings. The first-order valence-electron chi connectivity index (χ1n) is 5.77.